The minimum atomic E-state index is -0.999. The third kappa shape index (κ3) is 3.07. The molecule has 1 atom stereocenters. The smallest absolute Gasteiger partial charge is 0.268 e. The van der Waals surface area contributed by atoms with E-state index in [4.69, 9.17) is 0 Å². The van der Waals surface area contributed by atoms with E-state index in [1.54, 1.807) is 16.7 Å². The molecule has 31 heavy (non-hydrogen) atoms. The van der Waals surface area contributed by atoms with Gasteiger partial charge in [-0.15, -0.1) is 11.8 Å². The molecule has 1 saturated heterocycles. The number of hydrogen-bond donors (Lipinski definition) is 0. The summed E-state index contributed by atoms with van der Waals surface area (Å²) in [7, 11) is 0. The van der Waals surface area contributed by atoms with Gasteiger partial charge in [0.1, 0.15) is 0 Å². The molecule has 5 rings (SSSR count). The van der Waals surface area contributed by atoms with E-state index in [1.807, 2.05) is 60.4 Å². The molecule has 2 amide bonds. The second-order valence-corrected chi connectivity index (χ2v) is 9.45. The van der Waals surface area contributed by atoms with Crippen molar-refractivity contribution in [2.24, 2.45) is 0 Å². The first-order valence-corrected chi connectivity index (χ1v) is 11.5. The van der Waals surface area contributed by atoms with Gasteiger partial charge in [0.15, 0.2) is 4.87 Å². The van der Waals surface area contributed by atoms with Gasteiger partial charge in [-0.2, -0.15) is 0 Å². The van der Waals surface area contributed by atoms with Crippen molar-refractivity contribution in [1.82, 2.24) is 4.90 Å². The maximum absolute atomic E-state index is 14.0. The maximum atomic E-state index is 14.0. The Morgan fingerprint density at radius 2 is 1.68 bits per heavy atom. The summed E-state index contributed by atoms with van der Waals surface area (Å²) in [6.45, 7) is 5.04. The molecule has 0 unspecified atom stereocenters. The lowest BCUT2D eigenvalue weighted by Gasteiger charge is -2.33. The molecule has 2 aliphatic rings. The number of fused-ring (bicyclic) bond motifs is 2. The molecular formula is C26H24N2O2S. The van der Waals surface area contributed by atoms with Gasteiger partial charge in [-0.25, -0.2) is 0 Å². The second-order valence-electron chi connectivity index (χ2n) is 8.16. The van der Waals surface area contributed by atoms with Crippen LogP contribution in [0, 0.1) is 13.8 Å². The second kappa shape index (κ2) is 7.57. The number of amides is 2. The van der Waals surface area contributed by atoms with Crippen molar-refractivity contribution in [2.45, 2.75) is 25.3 Å². The van der Waals surface area contributed by atoms with Gasteiger partial charge in [-0.1, -0.05) is 66.2 Å². The molecule has 5 heteroatoms. The molecule has 3 aromatic rings. The van der Waals surface area contributed by atoms with Crippen molar-refractivity contribution >= 4 is 29.3 Å². The Morgan fingerprint density at radius 3 is 2.45 bits per heavy atom. The maximum Gasteiger partial charge on any atom is 0.268 e. The zero-order valence-electron chi connectivity index (χ0n) is 17.7. The third-order valence-electron chi connectivity index (χ3n) is 6.18. The highest BCUT2D eigenvalue weighted by molar-refractivity contribution is 8.01. The monoisotopic (exact) mass is 428 g/mol. The Kier molecular flexibility index (Phi) is 4.86. The summed E-state index contributed by atoms with van der Waals surface area (Å²) in [4.78, 5) is 30.3. The predicted molar refractivity (Wildman–Crippen MR) is 125 cm³/mol. The molecule has 1 fully saturated rings. The van der Waals surface area contributed by atoms with Gasteiger partial charge in [-0.05, 0) is 37.1 Å². The normalized spacial score (nSPS) is 19.9. The Morgan fingerprint density at radius 1 is 0.968 bits per heavy atom. The number of carbonyl (C=O) groups is 2. The fourth-order valence-corrected chi connectivity index (χ4v) is 6.02. The van der Waals surface area contributed by atoms with Crippen molar-refractivity contribution < 1.29 is 9.59 Å². The standard InChI is InChI=1S/C26H24N2O2S/c1-18-11-13-20(14-12-18)17-27-23-10-6-5-9-22(23)26(25(27)30)28(15-16-31-26)24(29)21-8-4-3-7-19(21)2/h3-14H,15-17H2,1-2H3/t26-/m0/s1. The van der Waals surface area contributed by atoms with E-state index in [0.29, 0.717) is 18.7 Å². The van der Waals surface area contributed by atoms with Crippen LogP contribution < -0.4 is 4.90 Å². The fourth-order valence-electron chi connectivity index (χ4n) is 4.56. The summed E-state index contributed by atoms with van der Waals surface area (Å²) in [6, 6.07) is 23.8. The minimum Gasteiger partial charge on any atom is -0.311 e. The average Bonchev–Trinajstić information content (AvgIpc) is 3.32. The number of rotatable bonds is 3. The lowest BCUT2D eigenvalue weighted by molar-refractivity contribution is -0.123. The van der Waals surface area contributed by atoms with Crippen LogP contribution in [0.3, 0.4) is 0 Å². The van der Waals surface area contributed by atoms with E-state index in [1.165, 1.54) is 5.56 Å². The first kappa shape index (κ1) is 19.9. The van der Waals surface area contributed by atoms with Crippen molar-refractivity contribution in [2.75, 3.05) is 17.2 Å². The third-order valence-corrected chi connectivity index (χ3v) is 7.60. The summed E-state index contributed by atoms with van der Waals surface area (Å²) < 4.78 is 0. The van der Waals surface area contributed by atoms with Crippen LogP contribution in [-0.4, -0.2) is 29.0 Å². The summed E-state index contributed by atoms with van der Waals surface area (Å²) in [5, 5.41) is 0. The zero-order chi connectivity index (χ0) is 21.6. The van der Waals surface area contributed by atoms with Crippen LogP contribution in [0.4, 0.5) is 5.69 Å². The summed E-state index contributed by atoms with van der Waals surface area (Å²) in [5.74, 6) is 0.623. The van der Waals surface area contributed by atoms with Crippen LogP contribution in [0.15, 0.2) is 72.8 Å². The van der Waals surface area contributed by atoms with Crippen LogP contribution in [0.25, 0.3) is 0 Å². The van der Waals surface area contributed by atoms with Gasteiger partial charge in [0.05, 0.1) is 12.2 Å². The highest BCUT2D eigenvalue weighted by Gasteiger charge is 2.59. The molecule has 2 aliphatic heterocycles. The largest absolute Gasteiger partial charge is 0.311 e. The minimum absolute atomic E-state index is 0.0290. The number of carbonyl (C=O) groups excluding carboxylic acids is 2. The van der Waals surface area contributed by atoms with Gasteiger partial charge in [0.25, 0.3) is 11.8 Å². The van der Waals surface area contributed by atoms with E-state index in [2.05, 4.69) is 31.2 Å². The number of aryl methyl sites for hydroxylation is 2. The summed E-state index contributed by atoms with van der Waals surface area (Å²) in [6.07, 6.45) is 0. The van der Waals surface area contributed by atoms with E-state index in [0.717, 1.165) is 28.1 Å². The van der Waals surface area contributed by atoms with E-state index in [-0.39, 0.29) is 11.8 Å². The van der Waals surface area contributed by atoms with Gasteiger partial charge in [0.2, 0.25) is 0 Å². The van der Waals surface area contributed by atoms with Gasteiger partial charge < -0.3 is 9.80 Å². The van der Waals surface area contributed by atoms with Crippen molar-refractivity contribution in [3.63, 3.8) is 0 Å². The Labute approximate surface area is 186 Å². The van der Waals surface area contributed by atoms with E-state index in [9.17, 15) is 9.59 Å². The summed E-state index contributed by atoms with van der Waals surface area (Å²) in [5.41, 5.74) is 5.66. The molecule has 0 saturated carbocycles. The van der Waals surface area contributed by atoms with E-state index < -0.39 is 4.87 Å². The number of hydrogen-bond acceptors (Lipinski definition) is 3. The van der Waals surface area contributed by atoms with Gasteiger partial charge >= 0.3 is 0 Å². The van der Waals surface area contributed by atoms with Gasteiger partial charge in [0, 0.05) is 23.4 Å². The van der Waals surface area contributed by atoms with Crippen LogP contribution in [-0.2, 0) is 16.2 Å². The van der Waals surface area contributed by atoms with Crippen molar-refractivity contribution in [3.05, 3.63) is 101 Å². The topological polar surface area (TPSA) is 40.6 Å². The molecule has 3 aromatic carbocycles. The van der Waals surface area contributed by atoms with Crippen LogP contribution >= 0.6 is 11.8 Å². The fraction of sp³-hybridized carbons (Fsp3) is 0.231. The molecule has 0 N–H and O–H groups in total. The number of nitrogens with zero attached hydrogens (tertiary/aromatic N) is 2. The number of anilines is 1. The van der Waals surface area contributed by atoms with Crippen LogP contribution in [0.2, 0.25) is 0 Å². The Hall–Kier alpha value is -3.05. The van der Waals surface area contributed by atoms with E-state index >= 15 is 0 Å². The number of para-hydroxylation sites is 1. The lowest BCUT2D eigenvalue weighted by Crippen LogP contribution is -2.50. The lowest BCUT2D eigenvalue weighted by atomic mass is 10.0. The number of thioether (sulfide) groups is 1. The Bertz CT molecular complexity index is 1170. The quantitative estimate of drug-likeness (QED) is 0.596. The predicted octanol–water partition coefficient (Wildman–Crippen LogP) is 4.89. The Balaban J connectivity index is 1.58. The first-order valence-electron chi connectivity index (χ1n) is 10.5. The molecule has 156 valence electrons. The number of benzene rings is 3. The molecule has 2 heterocycles. The molecule has 1 spiro atoms. The van der Waals surface area contributed by atoms with Crippen LogP contribution in [0.5, 0.6) is 0 Å². The highest BCUT2D eigenvalue weighted by atomic mass is 32.2. The average molecular weight is 429 g/mol. The van der Waals surface area contributed by atoms with Crippen molar-refractivity contribution in [1.29, 1.82) is 0 Å². The van der Waals surface area contributed by atoms with Crippen molar-refractivity contribution in [3.8, 4) is 0 Å². The molecule has 0 aromatic heterocycles. The first-order chi connectivity index (χ1) is 15.0. The highest BCUT2D eigenvalue weighted by Crippen LogP contribution is 2.54. The molecular weight excluding hydrogens is 404 g/mol. The van der Waals surface area contributed by atoms with Gasteiger partial charge in [-0.3, -0.25) is 9.59 Å². The molecule has 4 nitrogen and oxygen atoms in total. The molecule has 0 bridgehead atoms. The zero-order valence-corrected chi connectivity index (χ0v) is 18.5. The van der Waals surface area contributed by atoms with Crippen LogP contribution in [0.1, 0.15) is 32.6 Å². The molecule has 0 aliphatic carbocycles. The molecule has 0 radical (unpaired) electrons. The summed E-state index contributed by atoms with van der Waals surface area (Å²) >= 11 is 1.57. The SMILES string of the molecule is Cc1ccc(CN2C(=O)[C@@]3(SCCN3C(=O)c3ccccc3C)c3ccccc32)cc1.